The van der Waals surface area contributed by atoms with Gasteiger partial charge in [-0.25, -0.2) is 4.79 Å². The van der Waals surface area contributed by atoms with E-state index in [1.165, 1.54) is 0 Å². The number of hydrogen-bond donors (Lipinski definition) is 1. The maximum atomic E-state index is 12.6. The number of pyridine rings is 1. The molecule has 1 atom stereocenters. The van der Waals surface area contributed by atoms with E-state index in [0.29, 0.717) is 17.5 Å². The Hall–Kier alpha value is -3.21. The topological polar surface area (TPSA) is 68.3 Å². The molecule has 0 saturated heterocycles. The Balaban J connectivity index is 1.68. The van der Waals surface area contributed by atoms with E-state index in [4.69, 9.17) is 4.74 Å². The van der Waals surface area contributed by atoms with Gasteiger partial charge in [-0.2, -0.15) is 0 Å². The van der Waals surface area contributed by atoms with Crippen LogP contribution in [-0.4, -0.2) is 23.0 Å². The third kappa shape index (κ3) is 4.06. The lowest BCUT2D eigenvalue weighted by Crippen LogP contribution is -2.35. The van der Waals surface area contributed by atoms with Crippen LogP contribution in [0.2, 0.25) is 0 Å². The molecule has 3 aromatic rings. The molecule has 1 aromatic heterocycles. The molecular formula is C21H20N2O3. The van der Waals surface area contributed by atoms with Gasteiger partial charge in [0.15, 0.2) is 6.10 Å². The van der Waals surface area contributed by atoms with E-state index in [1.807, 2.05) is 61.5 Å². The molecule has 5 nitrogen and oxygen atoms in total. The minimum Gasteiger partial charge on any atom is -0.449 e. The van der Waals surface area contributed by atoms with Crippen molar-refractivity contribution in [2.45, 2.75) is 26.5 Å². The zero-order valence-electron chi connectivity index (χ0n) is 14.7. The second-order valence-corrected chi connectivity index (χ2v) is 6.08. The van der Waals surface area contributed by atoms with Crippen LogP contribution in [0, 0.1) is 6.92 Å². The summed E-state index contributed by atoms with van der Waals surface area (Å²) in [4.78, 5) is 29.2. The number of fused-ring (bicyclic) bond motifs is 1. The number of para-hydroxylation sites is 1. The van der Waals surface area contributed by atoms with E-state index < -0.39 is 12.1 Å². The average Bonchev–Trinajstić information content (AvgIpc) is 2.66. The Kier molecular flexibility index (Phi) is 5.27. The molecule has 0 aliphatic carbocycles. The quantitative estimate of drug-likeness (QED) is 0.718. The minimum atomic E-state index is -0.890. The Morgan fingerprint density at radius 1 is 1.08 bits per heavy atom. The van der Waals surface area contributed by atoms with E-state index in [-0.39, 0.29) is 5.91 Å². The summed E-state index contributed by atoms with van der Waals surface area (Å²) in [7, 11) is 0. The van der Waals surface area contributed by atoms with Gasteiger partial charge >= 0.3 is 5.97 Å². The third-order valence-electron chi connectivity index (χ3n) is 4.03. The molecule has 0 aliphatic heterocycles. The maximum absolute atomic E-state index is 12.6. The number of hydrogen-bond acceptors (Lipinski definition) is 4. The number of benzene rings is 2. The number of nitrogens with one attached hydrogen (secondary N) is 1. The first-order valence-corrected chi connectivity index (χ1v) is 8.43. The Labute approximate surface area is 152 Å². The van der Waals surface area contributed by atoms with Crippen LogP contribution in [0.3, 0.4) is 0 Å². The fraction of sp³-hybridized carbons (Fsp3) is 0.190. The summed E-state index contributed by atoms with van der Waals surface area (Å²) < 4.78 is 5.37. The summed E-state index contributed by atoms with van der Waals surface area (Å²) in [5.41, 5.74) is 2.84. The largest absolute Gasteiger partial charge is 0.449 e. The van der Waals surface area contributed by atoms with Crippen LogP contribution >= 0.6 is 0 Å². The van der Waals surface area contributed by atoms with Gasteiger partial charge in [-0.3, -0.25) is 9.78 Å². The number of esters is 1. The van der Waals surface area contributed by atoms with Gasteiger partial charge in [0.05, 0.1) is 11.1 Å². The zero-order valence-corrected chi connectivity index (χ0v) is 14.7. The molecule has 0 spiro atoms. The van der Waals surface area contributed by atoms with E-state index >= 15 is 0 Å². The van der Waals surface area contributed by atoms with Crippen LogP contribution in [0.5, 0.6) is 0 Å². The highest BCUT2D eigenvalue weighted by atomic mass is 16.5. The van der Waals surface area contributed by atoms with E-state index in [1.54, 1.807) is 13.0 Å². The van der Waals surface area contributed by atoms with Gasteiger partial charge in [0.2, 0.25) is 0 Å². The summed E-state index contributed by atoms with van der Waals surface area (Å²) in [5.74, 6) is -0.869. The Morgan fingerprint density at radius 2 is 1.77 bits per heavy atom. The smallest absolute Gasteiger partial charge is 0.339 e. The predicted octanol–water partition coefficient (Wildman–Crippen LogP) is 3.40. The Bertz CT molecular complexity index is 938. The van der Waals surface area contributed by atoms with Crippen molar-refractivity contribution in [2.24, 2.45) is 0 Å². The van der Waals surface area contributed by atoms with E-state index in [2.05, 4.69) is 10.3 Å². The number of aryl methyl sites for hydroxylation is 1. The first-order chi connectivity index (χ1) is 12.5. The van der Waals surface area contributed by atoms with E-state index in [9.17, 15) is 9.59 Å². The number of carbonyl (C=O) groups excluding carboxylic acids is 2. The van der Waals surface area contributed by atoms with E-state index in [0.717, 1.165) is 16.8 Å². The van der Waals surface area contributed by atoms with Crippen LogP contribution in [0.15, 0.2) is 60.7 Å². The number of nitrogens with zero attached hydrogens (tertiary/aromatic N) is 1. The molecule has 26 heavy (non-hydrogen) atoms. The van der Waals surface area contributed by atoms with Crippen molar-refractivity contribution in [1.82, 2.24) is 10.3 Å². The van der Waals surface area contributed by atoms with Crippen molar-refractivity contribution in [3.63, 3.8) is 0 Å². The van der Waals surface area contributed by atoms with Crippen molar-refractivity contribution in [3.05, 3.63) is 77.5 Å². The summed E-state index contributed by atoms with van der Waals surface area (Å²) in [6, 6.07) is 18.6. The fourth-order valence-electron chi connectivity index (χ4n) is 2.68. The van der Waals surface area contributed by atoms with Crippen molar-refractivity contribution < 1.29 is 14.3 Å². The van der Waals surface area contributed by atoms with Gasteiger partial charge in [0.1, 0.15) is 0 Å². The Morgan fingerprint density at radius 3 is 2.54 bits per heavy atom. The molecule has 0 saturated carbocycles. The van der Waals surface area contributed by atoms with Crippen LogP contribution in [-0.2, 0) is 16.1 Å². The lowest BCUT2D eigenvalue weighted by molar-refractivity contribution is -0.129. The molecule has 2 aromatic carbocycles. The first kappa shape index (κ1) is 17.6. The number of carbonyl (C=O) groups is 2. The van der Waals surface area contributed by atoms with Gasteiger partial charge in [-0.1, -0.05) is 48.5 Å². The predicted molar refractivity (Wildman–Crippen MR) is 99.6 cm³/mol. The van der Waals surface area contributed by atoms with Crippen molar-refractivity contribution in [1.29, 1.82) is 0 Å². The first-order valence-electron chi connectivity index (χ1n) is 8.43. The highest BCUT2D eigenvalue weighted by Crippen LogP contribution is 2.19. The van der Waals surface area contributed by atoms with Crippen LogP contribution in [0.4, 0.5) is 0 Å². The monoisotopic (exact) mass is 348 g/mol. The summed E-state index contributed by atoms with van der Waals surface area (Å²) in [6.07, 6.45) is -0.890. The van der Waals surface area contributed by atoms with Gasteiger partial charge in [0.25, 0.3) is 5.91 Å². The van der Waals surface area contributed by atoms with Gasteiger partial charge in [-0.15, -0.1) is 0 Å². The summed E-state index contributed by atoms with van der Waals surface area (Å²) in [5, 5.41) is 3.48. The molecule has 0 aliphatic rings. The second kappa shape index (κ2) is 7.78. The zero-order chi connectivity index (χ0) is 18.5. The second-order valence-electron chi connectivity index (χ2n) is 6.08. The standard InChI is InChI=1S/C21H20N2O3/c1-14-12-18(17-10-6-7-11-19(17)23-14)21(25)26-15(2)20(24)22-13-16-8-4-3-5-9-16/h3-12,15H,13H2,1-2H3,(H,22,24)/t15-/m0/s1. The highest BCUT2D eigenvalue weighted by Gasteiger charge is 2.20. The minimum absolute atomic E-state index is 0.336. The molecule has 3 rings (SSSR count). The molecule has 0 fully saturated rings. The molecule has 0 bridgehead atoms. The molecule has 132 valence electrons. The van der Waals surface area contributed by atoms with Crippen LogP contribution < -0.4 is 5.32 Å². The number of aromatic nitrogens is 1. The number of rotatable bonds is 5. The van der Waals surface area contributed by atoms with Crippen molar-refractivity contribution in [3.8, 4) is 0 Å². The van der Waals surface area contributed by atoms with Gasteiger partial charge in [0, 0.05) is 17.6 Å². The van der Waals surface area contributed by atoms with Crippen molar-refractivity contribution >= 4 is 22.8 Å². The third-order valence-corrected chi connectivity index (χ3v) is 4.03. The molecule has 1 amide bonds. The van der Waals surface area contributed by atoms with Crippen LogP contribution in [0.25, 0.3) is 10.9 Å². The number of amides is 1. The molecule has 0 radical (unpaired) electrons. The molecular weight excluding hydrogens is 328 g/mol. The SMILES string of the molecule is Cc1cc(C(=O)O[C@@H](C)C(=O)NCc2ccccc2)c2ccccc2n1. The lowest BCUT2D eigenvalue weighted by atomic mass is 10.1. The molecule has 1 heterocycles. The fourth-order valence-corrected chi connectivity index (χ4v) is 2.68. The normalized spacial score (nSPS) is 11.8. The summed E-state index contributed by atoms with van der Waals surface area (Å²) in [6.45, 7) is 3.77. The highest BCUT2D eigenvalue weighted by molar-refractivity contribution is 6.04. The van der Waals surface area contributed by atoms with Crippen molar-refractivity contribution in [2.75, 3.05) is 0 Å². The number of ether oxygens (including phenoxy) is 1. The summed E-state index contributed by atoms with van der Waals surface area (Å²) >= 11 is 0. The molecule has 0 unspecified atom stereocenters. The molecule has 1 N–H and O–H groups in total. The maximum Gasteiger partial charge on any atom is 0.339 e. The molecule has 5 heteroatoms. The van der Waals surface area contributed by atoms with Gasteiger partial charge in [-0.05, 0) is 31.5 Å². The lowest BCUT2D eigenvalue weighted by Gasteiger charge is -2.14. The average molecular weight is 348 g/mol. The van der Waals surface area contributed by atoms with Gasteiger partial charge < -0.3 is 10.1 Å². The van der Waals surface area contributed by atoms with Crippen LogP contribution in [0.1, 0.15) is 28.5 Å².